The van der Waals surface area contributed by atoms with Gasteiger partial charge in [0.2, 0.25) is 15.9 Å². The smallest absolute Gasteiger partial charge is 0.235 e. The number of carbonyl (C=O) groups is 1. The second-order valence-electron chi connectivity index (χ2n) is 5.53. The molecule has 1 heterocycles. The lowest BCUT2D eigenvalue weighted by Crippen LogP contribution is -2.41. The van der Waals surface area contributed by atoms with Crippen LogP contribution in [-0.2, 0) is 21.4 Å². The summed E-state index contributed by atoms with van der Waals surface area (Å²) in [7, 11) is -3.53. The third kappa shape index (κ3) is 5.14. The van der Waals surface area contributed by atoms with E-state index in [1.165, 1.54) is 4.31 Å². The van der Waals surface area contributed by atoms with Gasteiger partial charge >= 0.3 is 0 Å². The van der Waals surface area contributed by atoms with Gasteiger partial charge in [-0.05, 0) is 30.2 Å². The normalized spacial score (nSPS) is 12.8. The first-order valence-corrected chi connectivity index (χ1v) is 9.40. The van der Waals surface area contributed by atoms with E-state index in [1.807, 2.05) is 30.3 Å². The minimum atomic E-state index is -3.53. The number of nitrogens with one attached hydrogen (secondary N) is 1. The Balaban J connectivity index is 2.05. The van der Waals surface area contributed by atoms with E-state index >= 15 is 0 Å². The SMILES string of the molecule is CC(c1ccccc1)N(CC(=O)NCc1ccncc1)S(C)(=O)=O. The molecule has 2 aromatic rings. The average Bonchev–Trinajstić information content (AvgIpc) is 2.58. The van der Waals surface area contributed by atoms with Gasteiger partial charge in [-0.15, -0.1) is 0 Å². The highest BCUT2D eigenvalue weighted by Gasteiger charge is 2.26. The van der Waals surface area contributed by atoms with Crippen LogP contribution in [0.2, 0.25) is 0 Å². The van der Waals surface area contributed by atoms with E-state index in [1.54, 1.807) is 31.5 Å². The Morgan fingerprint density at radius 1 is 1.17 bits per heavy atom. The van der Waals surface area contributed by atoms with Crippen LogP contribution in [0.15, 0.2) is 54.9 Å². The van der Waals surface area contributed by atoms with Gasteiger partial charge in [0.25, 0.3) is 0 Å². The van der Waals surface area contributed by atoms with E-state index in [2.05, 4.69) is 10.3 Å². The second-order valence-corrected chi connectivity index (χ2v) is 7.46. The fourth-order valence-corrected chi connectivity index (χ4v) is 3.39. The number of pyridine rings is 1. The van der Waals surface area contributed by atoms with Crippen molar-refractivity contribution in [2.24, 2.45) is 0 Å². The van der Waals surface area contributed by atoms with Crippen LogP contribution >= 0.6 is 0 Å². The molecule has 0 aliphatic rings. The van der Waals surface area contributed by atoms with E-state index in [9.17, 15) is 13.2 Å². The van der Waals surface area contributed by atoms with Crippen molar-refractivity contribution >= 4 is 15.9 Å². The number of carbonyl (C=O) groups excluding carboxylic acids is 1. The lowest BCUT2D eigenvalue weighted by atomic mass is 10.1. The van der Waals surface area contributed by atoms with Crippen molar-refractivity contribution < 1.29 is 13.2 Å². The quantitative estimate of drug-likeness (QED) is 0.827. The van der Waals surface area contributed by atoms with Crippen LogP contribution < -0.4 is 5.32 Å². The highest BCUT2D eigenvalue weighted by Crippen LogP contribution is 2.22. The molecular weight excluding hydrogens is 326 g/mol. The topological polar surface area (TPSA) is 79.4 Å². The zero-order valence-corrected chi connectivity index (χ0v) is 14.5. The van der Waals surface area contributed by atoms with Gasteiger partial charge in [0.05, 0.1) is 12.8 Å². The Morgan fingerprint density at radius 3 is 2.38 bits per heavy atom. The summed E-state index contributed by atoms with van der Waals surface area (Å²) in [4.78, 5) is 16.1. The first-order chi connectivity index (χ1) is 11.4. The predicted octanol–water partition coefficient (Wildman–Crippen LogP) is 1.72. The molecule has 1 aromatic heterocycles. The molecule has 0 saturated heterocycles. The van der Waals surface area contributed by atoms with Crippen molar-refractivity contribution in [2.75, 3.05) is 12.8 Å². The molecule has 0 saturated carbocycles. The van der Waals surface area contributed by atoms with Gasteiger partial charge in [-0.2, -0.15) is 4.31 Å². The monoisotopic (exact) mass is 347 g/mol. The molecule has 0 aliphatic heterocycles. The fourth-order valence-electron chi connectivity index (χ4n) is 2.34. The molecule has 1 unspecified atom stereocenters. The zero-order chi connectivity index (χ0) is 17.6. The standard InChI is InChI=1S/C17H21N3O3S/c1-14(16-6-4-3-5-7-16)20(24(2,22)23)13-17(21)19-12-15-8-10-18-11-9-15/h3-11,14H,12-13H2,1-2H3,(H,19,21). The van der Waals surface area contributed by atoms with Crippen molar-refractivity contribution in [1.29, 1.82) is 0 Å². The van der Waals surface area contributed by atoms with Crippen molar-refractivity contribution in [1.82, 2.24) is 14.6 Å². The predicted molar refractivity (Wildman–Crippen MR) is 92.5 cm³/mol. The fraction of sp³-hybridized carbons (Fsp3) is 0.294. The molecule has 1 N–H and O–H groups in total. The molecule has 7 heteroatoms. The van der Waals surface area contributed by atoms with Crippen LogP contribution in [0.25, 0.3) is 0 Å². The van der Waals surface area contributed by atoms with Gasteiger partial charge in [-0.25, -0.2) is 8.42 Å². The van der Waals surface area contributed by atoms with Gasteiger partial charge in [0.15, 0.2) is 0 Å². The van der Waals surface area contributed by atoms with Gasteiger partial charge in [0, 0.05) is 25.0 Å². The summed E-state index contributed by atoms with van der Waals surface area (Å²) in [5, 5.41) is 2.74. The Morgan fingerprint density at radius 2 is 1.79 bits per heavy atom. The van der Waals surface area contributed by atoms with Crippen LogP contribution in [0.4, 0.5) is 0 Å². The van der Waals surface area contributed by atoms with Gasteiger partial charge in [-0.1, -0.05) is 30.3 Å². The van der Waals surface area contributed by atoms with Gasteiger partial charge in [-0.3, -0.25) is 9.78 Å². The number of benzene rings is 1. The van der Waals surface area contributed by atoms with E-state index in [0.29, 0.717) is 6.54 Å². The van der Waals surface area contributed by atoms with Crippen LogP contribution in [0, 0.1) is 0 Å². The number of nitrogens with zero attached hydrogens (tertiary/aromatic N) is 2. The molecule has 24 heavy (non-hydrogen) atoms. The lowest BCUT2D eigenvalue weighted by molar-refractivity contribution is -0.121. The second kappa shape index (κ2) is 8.03. The Hall–Kier alpha value is -2.25. The highest BCUT2D eigenvalue weighted by atomic mass is 32.2. The number of hydrogen-bond acceptors (Lipinski definition) is 4. The van der Waals surface area contributed by atoms with Crippen LogP contribution in [0.3, 0.4) is 0 Å². The van der Waals surface area contributed by atoms with E-state index in [4.69, 9.17) is 0 Å². The molecule has 0 spiro atoms. The summed E-state index contributed by atoms with van der Waals surface area (Å²) < 4.78 is 25.4. The van der Waals surface area contributed by atoms with Crippen molar-refractivity contribution in [3.05, 3.63) is 66.0 Å². The Labute approximate surface area is 142 Å². The highest BCUT2D eigenvalue weighted by molar-refractivity contribution is 7.88. The molecule has 0 fully saturated rings. The maximum Gasteiger partial charge on any atom is 0.235 e. The van der Waals surface area contributed by atoms with Gasteiger partial charge in [0.1, 0.15) is 0 Å². The zero-order valence-electron chi connectivity index (χ0n) is 13.7. The van der Waals surface area contributed by atoms with Crippen molar-refractivity contribution in [3.63, 3.8) is 0 Å². The molecular formula is C17H21N3O3S. The summed E-state index contributed by atoms with van der Waals surface area (Å²) in [6, 6.07) is 12.4. The third-order valence-electron chi connectivity index (χ3n) is 3.68. The molecule has 1 atom stereocenters. The molecule has 0 bridgehead atoms. The molecule has 0 radical (unpaired) electrons. The Kier molecular flexibility index (Phi) is 6.05. The van der Waals surface area contributed by atoms with Crippen molar-refractivity contribution in [3.8, 4) is 0 Å². The molecule has 2 rings (SSSR count). The minimum absolute atomic E-state index is 0.222. The Bertz CT molecular complexity index is 764. The van der Waals surface area contributed by atoms with E-state index < -0.39 is 16.1 Å². The summed E-state index contributed by atoms with van der Waals surface area (Å²) in [5.74, 6) is -0.347. The molecule has 1 aromatic carbocycles. The molecule has 128 valence electrons. The summed E-state index contributed by atoms with van der Waals surface area (Å²) in [6.07, 6.45) is 4.39. The van der Waals surface area contributed by atoms with E-state index in [-0.39, 0.29) is 12.5 Å². The summed E-state index contributed by atoms with van der Waals surface area (Å²) >= 11 is 0. The summed E-state index contributed by atoms with van der Waals surface area (Å²) in [6.45, 7) is 1.88. The van der Waals surface area contributed by atoms with E-state index in [0.717, 1.165) is 17.4 Å². The average molecular weight is 347 g/mol. The van der Waals surface area contributed by atoms with Crippen LogP contribution in [-0.4, -0.2) is 36.4 Å². The molecule has 1 amide bonds. The first kappa shape index (κ1) is 18.1. The van der Waals surface area contributed by atoms with Gasteiger partial charge < -0.3 is 5.32 Å². The van der Waals surface area contributed by atoms with Crippen molar-refractivity contribution in [2.45, 2.75) is 19.5 Å². The molecule has 6 nitrogen and oxygen atoms in total. The number of aromatic nitrogens is 1. The molecule has 0 aliphatic carbocycles. The third-order valence-corrected chi connectivity index (χ3v) is 4.98. The number of hydrogen-bond donors (Lipinski definition) is 1. The summed E-state index contributed by atoms with van der Waals surface area (Å²) in [5.41, 5.74) is 1.74. The number of sulfonamides is 1. The number of amides is 1. The number of rotatable bonds is 7. The first-order valence-electron chi connectivity index (χ1n) is 7.55. The lowest BCUT2D eigenvalue weighted by Gasteiger charge is -2.26. The largest absolute Gasteiger partial charge is 0.351 e. The van der Waals surface area contributed by atoms with Crippen LogP contribution in [0.5, 0.6) is 0 Å². The maximum atomic E-state index is 12.2. The van der Waals surface area contributed by atoms with Crippen LogP contribution in [0.1, 0.15) is 24.1 Å². The minimum Gasteiger partial charge on any atom is -0.351 e. The maximum absolute atomic E-state index is 12.2.